The van der Waals surface area contributed by atoms with Gasteiger partial charge < -0.3 is 10.6 Å². The normalized spacial score (nSPS) is 30.3. The van der Waals surface area contributed by atoms with Gasteiger partial charge in [-0.2, -0.15) is 0 Å². The second kappa shape index (κ2) is 5.29. The Bertz CT molecular complexity index is 523. The first kappa shape index (κ1) is 13.6. The number of nitrogens with two attached hydrogens (primary N) is 1. The predicted octanol–water partition coefficient (Wildman–Crippen LogP) is 2.70. The molecule has 114 valence electrons. The summed E-state index contributed by atoms with van der Waals surface area (Å²) in [5.74, 6) is 0. The minimum atomic E-state index is 0.304. The van der Waals surface area contributed by atoms with Crippen molar-refractivity contribution in [2.45, 2.75) is 56.7 Å². The van der Waals surface area contributed by atoms with E-state index >= 15 is 0 Å². The summed E-state index contributed by atoms with van der Waals surface area (Å²) in [4.78, 5) is 5.09. The zero-order valence-corrected chi connectivity index (χ0v) is 13.1. The smallest absolute Gasteiger partial charge is 0.0502 e. The van der Waals surface area contributed by atoms with E-state index in [1.165, 1.54) is 68.4 Å². The summed E-state index contributed by atoms with van der Waals surface area (Å²) in [7, 11) is 2.21. The molecule has 21 heavy (non-hydrogen) atoms. The van der Waals surface area contributed by atoms with Crippen LogP contribution in [0.15, 0.2) is 18.2 Å². The second-order valence-electron chi connectivity index (χ2n) is 7.13. The predicted molar refractivity (Wildman–Crippen MR) is 87.7 cm³/mol. The van der Waals surface area contributed by atoms with Crippen molar-refractivity contribution in [1.29, 1.82) is 0 Å². The molecule has 0 radical (unpaired) electrons. The molecule has 2 fully saturated rings. The number of hydrogen-bond donors (Lipinski definition) is 1. The number of nitrogens with zero attached hydrogens (tertiary/aromatic N) is 2. The van der Waals surface area contributed by atoms with Crippen LogP contribution in [0.4, 0.5) is 5.69 Å². The maximum atomic E-state index is 6.52. The van der Waals surface area contributed by atoms with Crippen LogP contribution in [0.3, 0.4) is 0 Å². The molecule has 4 rings (SSSR count). The maximum absolute atomic E-state index is 6.52. The second-order valence-corrected chi connectivity index (χ2v) is 7.13. The fourth-order valence-electron chi connectivity index (χ4n) is 4.30. The molecule has 3 nitrogen and oxygen atoms in total. The Kier molecular flexibility index (Phi) is 3.43. The maximum Gasteiger partial charge on any atom is 0.0502 e. The molecule has 0 aromatic heterocycles. The van der Waals surface area contributed by atoms with Gasteiger partial charge >= 0.3 is 0 Å². The average molecular weight is 285 g/mol. The number of likely N-dealkylation sites (tertiary alicyclic amines) is 1. The van der Waals surface area contributed by atoms with E-state index in [0.717, 1.165) is 6.04 Å². The first-order chi connectivity index (χ1) is 10.2. The summed E-state index contributed by atoms with van der Waals surface area (Å²) in [5.41, 5.74) is 10.9. The van der Waals surface area contributed by atoms with E-state index in [4.69, 9.17) is 5.73 Å². The van der Waals surface area contributed by atoms with Crippen molar-refractivity contribution in [3.05, 3.63) is 29.3 Å². The Morgan fingerprint density at radius 1 is 1.10 bits per heavy atom. The number of rotatable bonds is 2. The zero-order chi connectivity index (χ0) is 14.4. The van der Waals surface area contributed by atoms with Gasteiger partial charge in [-0.25, -0.2) is 0 Å². The van der Waals surface area contributed by atoms with E-state index in [1.807, 2.05) is 0 Å². The molecule has 1 saturated carbocycles. The molecular formula is C18H27N3. The molecule has 3 aliphatic rings. The quantitative estimate of drug-likeness (QED) is 0.907. The standard InChI is InChI=1S/C18H27N3/c1-20-10-2-4-13-12-14(6-9-17(13)20)18-16(19)5-3-11-21(18)15-7-8-15/h6,9,12,15-16,18H,2-5,7-8,10-11,19H2,1H3. The Labute approximate surface area is 128 Å². The molecule has 3 heteroatoms. The third-order valence-corrected chi connectivity index (χ3v) is 5.53. The first-order valence-corrected chi connectivity index (χ1v) is 8.59. The highest BCUT2D eigenvalue weighted by molar-refractivity contribution is 5.56. The molecule has 0 spiro atoms. The summed E-state index contributed by atoms with van der Waals surface area (Å²) in [5, 5.41) is 0. The summed E-state index contributed by atoms with van der Waals surface area (Å²) < 4.78 is 0. The van der Waals surface area contributed by atoms with Crippen LogP contribution >= 0.6 is 0 Å². The third kappa shape index (κ3) is 2.47. The Morgan fingerprint density at radius 3 is 2.76 bits per heavy atom. The van der Waals surface area contributed by atoms with E-state index in [-0.39, 0.29) is 0 Å². The van der Waals surface area contributed by atoms with Crippen LogP contribution in [-0.2, 0) is 6.42 Å². The molecule has 2 aliphatic heterocycles. The van der Waals surface area contributed by atoms with E-state index < -0.39 is 0 Å². The van der Waals surface area contributed by atoms with Crippen LogP contribution in [-0.4, -0.2) is 37.1 Å². The van der Waals surface area contributed by atoms with Gasteiger partial charge in [-0.15, -0.1) is 0 Å². The SMILES string of the molecule is CN1CCCc2cc(C3C(N)CCCN3C3CC3)ccc21. The molecule has 2 N–H and O–H groups in total. The van der Waals surface area contributed by atoms with Crippen molar-refractivity contribution >= 4 is 5.69 Å². The highest BCUT2D eigenvalue weighted by Gasteiger charge is 2.39. The molecule has 2 atom stereocenters. The van der Waals surface area contributed by atoms with Gasteiger partial charge in [0.25, 0.3) is 0 Å². The molecular weight excluding hydrogens is 258 g/mol. The van der Waals surface area contributed by atoms with Crippen LogP contribution in [0.1, 0.15) is 49.3 Å². The minimum absolute atomic E-state index is 0.304. The van der Waals surface area contributed by atoms with Crippen molar-refractivity contribution in [3.8, 4) is 0 Å². The summed E-state index contributed by atoms with van der Waals surface area (Å²) in [6, 6.07) is 8.68. The number of anilines is 1. The largest absolute Gasteiger partial charge is 0.374 e. The van der Waals surface area contributed by atoms with Gasteiger partial charge in [-0.05, 0) is 62.3 Å². The summed E-state index contributed by atoms with van der Waals surface area (Å²) in [6.07, 6.45) is 7.68. The molecule has 2 heterocycles. The lowest BCUT2D eigenvalue weighted by atomic mass is 9.88. The van der Waals surface area contributed by atoms with E-state index in [0.29, 0.717) is 12.1 Å². The molecule has 0 bridgehead atoms. The van der Waals surface area contributed by atoms with Gasteiger partial charge in [-0.1, -0.05) is 12.1 Å². The van der Waals surface area contributed by atoms with Crippen molar-refractivity contribution in [3.63, 3.8) is 0 Å². The number of fused-ring (bicyclic) bond motifs is 1. The fourth-order valence-corrected chi connectivity index (χ4v) is 4.30. The fraction of sp³-hybridized carbons (Fsp3) is 0.667. The molecule has 1 aromatic rings. The highest BCUT2D eigenvalue weighted by atomic mass is 15.2. The zero-order valence-electron chi connectivity index (χ0n) is 13.1. The van der Waals surface area contributed by atoms with Crippen LogP contribution in [0.5, 0.6) is 0 Å². The van der Waals surface area contributed by atoms with Crippen molar-refractivity contribution in [2.75, 3.05) is 25.0 Å². The average Bonchev–Trinajstić information content (AvgIpc) is 3.31. The van der Waals surface area contributed by atoms with E-state index in [1.54, 1.807) is 0 Å². The van der Waals surface area contributed by atoms with Crippen LogP contribution in [0, 0.1) is 0 Å². The van der Waals surface area contributed by atoms with Gasteiger partial charge in [-0.3, -0.25) is 4.90 Å². The van der Waals surface area contributed by atoms with Gasteiger partial charge in [0.05, 0.1) is 6.04 Å². The lowest BCUT2D eigenvalue weighted by Crippen LogP contribution is -2.46. The summed E-state index contributed by atoms with van der Waals surface area (Å²) >= 11 is 0. The van der Waals surface area contributed by atoms with Crippen molar-refractivity contribution < 1.29 is 0 Å². The Morgan fingerprint density at radius 2 is 1.95 bits per heavy atom. The van der Waals surface area contributed by atoms with Crippen molar-refractivity contribution in [2.24, 2.45) is 5.73 Å². The lowest BCUT2D eigenvalue weighted by Gasteiger charge is -2.41. The molecule has 2 unspecified atom stereocenters. The van der Waals surface area contributed by atoms with E-state index in [9.17, 15) is 0 Å². The number of benzene rings is 1. The molecule has 0 amide bonds. The van der Waals surface area contributed by atoms with Gasteiger partial charge in [0.1, 0.15) is 0 Å². The summed E-state index contributed by atoms with van der Waals surface area (Å²) in [6.45, 7) is 2.42. The monoisotopic (exact) mass is 285 g/mol. The van der Waals surface area contributed by atoms with Crippen LogP contribution in [0.25, 0.3) is 0 Å². The molecule has 1 aromatic carbocycles. The topological polar surface area (TPSA) is 32.5 Å². The highest BCUT2D eigenvalue weighted by Crippen LogP contribution is 2.40. The number of piperidine rings is 1. The van der Waals surface area contributed by atoms with Crippen LogP contribution < -0.4 is 10.6 Å². The van der Waals surface area contributed by atoms with Gasteiger partial charge in [0.2, 0.25) is 0 Å². The molecule has 1 saturated heterocycles. The van der Waals surface area contributed by atoms with Gasteiger partial charge in [0, 0.05) is 31.4 Å². The van der Waals surface area contributed by atoms with E-state index in [2.05, 4.69) is 35.0 Å². The minimum Gasteiger partial charge on any atom is -0.374 e. The first-order valence-electron chi connectivity index (χ1n) is 8.59. The third-order valence-electron chi connectivity index (χ3n) is 5.53. The number of hydrogen-bond acceptors (Lipinski definition) is 3. The number of aryl methyl sites for hydroxylation is 1. The Hall–Kier alpha value is -1.06. The van der Waals surface area contributed by atoms with Crippen molar-refractivity contribution in [1.82, 2.24) is 4.90 Å². The Balaban J connectivity index is 1.67. The van der Waals surface area contributed by atoms with Gasteiger partial charge in [0.15, 0.2) is 0 Å². The lowest BCUT2D eigenvalue weighted by molar-refractivity contribution is 0.120. The van der Waals surface area contributed by atoms with Crippen LogP contribution in [0.2, 0.25) is 0 Å². The molecule has 1 aliphatic carbocycles.